The van der Waals surface area contributed by atoms with Crippen molar-refractivity contribution in [3.8, 4) is 0 Å². The van der Waals surface area contributed by atoms with Crippen molar-refractivity contribution in [1.29, 1.82) is 0 Å². The summed E-state index contributed by atoms with van der Waals surface area (Å²) in [6, 6.07) is 8.27. The summed E-state index contributed by atoms with van der Waals surface area (Å²) in [4.78, 5) is 14.5. The van der Waals surface area contributed by atoms with Gasteiger partial charge in [0, 0.05) is 13.1 Å². The number of rotatable bonds is 4. The van der Waals surface area contributed by atoms with Gasteiger partial charge in [0.25, 0.3) is 0 Å². The quantitative estimate of drug-likeness (QED) is 0.893. The molecule has 2 rings (SSSR count). The molecule has 4 nitrogen and oxygen atoms in total. The number of hydrogen-bond donors (Lipinski definition) is 2. The van der Waals surface area contributed by atoms with Gasteiger partial charge >= 0.3 is 6.03 Å². The smallest absolute Gasteiger partial charge is 0.317 e. The summed E-state index contributed by atoms with van der Waals surface area (Å²) in [6.45, 7) is 9.65. The Balaban J connectivity index is 2.01. The molecule has 2 unspecified atom stereocenters. The van der Waals surface area contributed by atoms with E-state index in [9.17, 15) is 9.90 Å². The molecule has 2 atom stereocenters. The lowest BCUT2D eigenvalue weighted by Crippen LogP contribution is -2.47. The highest BCUT2D eigenvalue weighted by molar-refractivity contribution is 5.75. The van der Waals surface area contributed by atoms with Crippen LogP contribution in [0.15, 0.2) is 24.3 Å². The van der Waals surface area contributed by atoms with E-state index in [0.717, 1.165) is 25.9 Å². The molecular formula is C19H30N2O2. The number of likely N-dealkylation sites (tertiary alicyclic amines) is 1. The summed E-state index contributed by atoms with van der Waals surface area (Å²) < 4.78 is 0. The fourth-order valence-electron chi connectivity index (χ4n) is 3.35. The van der Waals surface area contributed by atoms with Crippen LogP contribution in [0.25, 0.3) is 0 Å². The Morgan fingerprint density at radius 1 is 1.22 bits per heavy atom. The Kier molecular flexibility index (Phi) is 6.05. The first-order valence-corrected chi connectivity index (χ1v) is 8.69. The molecule has 2 N–H and O–H groups in total. The van der Waals surface area contributed by atoms with Gasteiger partial charge in [-0.25, -0.2) is 4.79 Å². The van der Waals surface area contributed by atoms with Crippen molar-refractivity contribution in [2.75, 3.05) is 13.1 Å². The maximum absolute atomic E-state index is 12.6. The first kappa shape index (κ1) is 17.8. The average molecular weight is 318 g/mol. The third-order valence-electron chi connectivity index (χ3n) is 4.98. The molecule has 128 valence electrons. The minimum Gasteiger partial charge on any atom is -0.393 e. The van der Waals surface area contributed by atoms with E-state index < -0.39 is 0 Å². The molecule has 0 bridgehead atoms. The number of nitrogens with zero attached hydrogens (tertiary/aromatic N) is 1. The van der Waals surface area contributed by atoms with Gasteiger partial charge in [-0.15, -0.1) is 0 Å². The van der Waals surface area contributed by atoms with Crippen LogP contribution in [-0.4, -0.2) is 35.2 Å². The SMILES string of the molecule is Cc1ccccc1C(NC(=O)N1CCC(C(C)O)CC1)C(C)C. The predicted molar refractivity (Wildman–Crippen MR) is 93.3 cm³/mol. The van der Waals surface area contributed by atoms with Crippen LogP contribution >= 0.6 is 0 Å². The maximum Gasteiger partial charge on any atom is 0.317 e. The fourth-order valence-corrected chi connectivity index (χ4v) is 3.35. The maximum atomic E-state index is 12.6. The summed E-state index contributed by atoms with van der Waals surface area (Å²) in [5, 5.41) is 12.9. The van der Waals surface area contributed by atoms with Crippen LogP contribution in [0.1, 0.15) is 50.8 Å². The number of nitrogens with one attached hydrogen (secondary N) is 1. The Labute approximate surface area is 139 Å². The van der Waals surface area contributed by atoms with E-state index in [1.54, 1.807) is 0 Å². The lowest BCUT2D eigenvalue weighted by Gasteiger charge is -2.35. The van der Waals surface area contributed by atoms with Crippen molar-refractivity contribution >= 4 is 6.03 Å². The van der Waals surface area contributed by atoms with Crippen LogP contribution < -0.4 is 5.32 Å². The fraction of sp³-hybridized carbons (Fsp3) is 0.632. The van der Waals surface area contributed by atoms with Gasteiger partial charge in [-0.05, 0) is 49.7 Å². The van der Waals surface area contributed by atoms with Crippen LogP contribution in [0.4, 0.5) is 4.79 Å². The van der Waals surface area contributed by atoms with E-state index in [4.69, 9.17) is 0 Å². The summed E-state index contributed by atoms with van der Waals surface area (Å²) in [7, 11) is 0. The Bertz CT molecular complexity index is 520. The molecule has 23 heavy (non-hydrogen) atoms. The number of carbonyl (C=O) groups excluding carboxylic acids is 1. The van der Waals surface area contributed by atoms with Crippen LogP contribution in [-0.2, 0) is 0 Å². The number of aliphatic hydroxyl groups is 1. The summed E-state index contributed by atoms with van der Waals surface area (Å²) >= 11 is 0. The van der Waals surface area contributed by atoms with Gasteiger partial charge in [0.1, 0.15) is 0 Å². The van der Waals surface area contributed by atoms with Gasteiger partial charge in [-0.2, -0.15) is 0 Å². The van der Waals surface area contributed by atoms with Gasteiger partial charge in [0.05, 0.1) is 12.1 Å². The number of piperidine rings is 1. The van der Waals surface area contributed by atoms with Crippen molar-refractivity contribution in [3.05, 3.63) is 35.4 Å². The van der Waals surface area contributed by atoms with Gasteiger partial charge in [0.2, 0.25) is 0 Å². The first-order chi connectivity index (χ1) is 10.9. The molecule has 0 saturated carbocycles. The van der Waals surface area contributed by atoms with Crippen LogP contribution in [0.2, 0.25) is 0 Å². The largest absolute Gasteiger partial charge is 0.393 e. The molecule has 1 aliphatic heterocycles. The van der Waals surface area contributed by atoms with Crippen LogP contribution in [0.3, 0.4) is 0 Å². The molecule has 1 saturated heterocycles. The molecule has 0 aliphatic carbocycles. The van der Waals surface area contributed by atoms with Crippen molar-refractivity contribution in [2.45, 2.75) is 52.7 Å². The molecule has 0 radical (unpaired) electrons. The summed E-state index contributed by atoms with van der Waals surface area (Å²) in [6.07, 6.45) is 1.47. The third-order valence-corrected chi connectivity index (χ3v) is 4.98. The molecule has 4 heteroatoms. The number of hydrogen-bond acceptors (Lipinski definition) is 2. The van der Waals surface area contributed by atoms with Gasteiger partial charge in [0.15, 0.2) is 0 Å². The topological polar surface area (TPSA) is 52.6 Å². The van der Waals surface area contributed by atoms with Crippen LogP contribution in [0, 0.1) is 18.8 Å². The molecule has 1 heterocycles. The van der Waals surface area contributed by atoms with Gasteiger partial charge < -0.3 is 15.3 Å². The third kappa shape index (κ3) is 4.47. The van der Waals surface area contributed by atoms with Crippen LogP contribution in [0.5, 0.6) is 0 Å². The zero-order valence-electron chi connectivity index (χ0n) is 14.7. The number of urea groups is 1. The number of aliphatic hydroxyl groups excluding tert-OH is 1. The molecule has 0 aromatic heterocycles. The predicted octanol–water partition coefficient (Wildman–Crippen LogP) is 3.49. The molecule has 1 fully saturated rings. The molecule has 1 aromatic rings. The normalized spacial score (nSPS) is 18.8. The molecular weight excluding hydrogens is 288 g/mol. The van der Waals surface area contributed by atoms with Crippen molar-refractivity contribution < 1.29 is 9.90 Å². The Morgan fingerprint density at radius 2 is 1.83 bits per heavy atom. The van der Waals surface area contributed by atoms with E-state index >= 15 is 0 Å². The van der Waals surface area contributed by atoms with Gasteiger partial charge in [-0.1, -0.05) is 38.1 Å². The molecule has 1 aromatic carbocycles. The molecule has 2 amide bonds. The minimum atomic E-state index is -0.282. The Hall–Kier alpha value is -1.55. The van der Waals surface area contributed by atoms with E-state index in [2.05, 4.69) is 38.2 Å². The lowest BCUT2D eigenvalue weighted by atomic mass is 9.91. The molecule has 0 spiro atoms. The highest BCUT2D eigenvalue weighted by Gasteiger charge is 2.27. The van der Waals surface area contributed by atoms with E-state index in [0.29, 0.717) is 11.8 Å². The summed E-state index contributed by atoms with van der Waals surface area (Å²) in [5.41, 5.74) is 2.40. The van der Waals surface area contributed by atoms with Crippen molar-refractivity contribution in [3.63, 3.8) is 0 Å². The standard InChI is InChI=1S/C19H30N2O2/c1-13(2)18(17-8-6-5-7-14(17)3)20-19(23)21-11-9-16(10-12-21)15(4)22/h5-8,13,15-16,18,22H,9-12H2,1-4H3,(H,20,23). The zero-order chi connectivity index (χ0) is 17.0. The first-order valence-electron chi connectivity index (χ1n) is 8.69. The van der Waals surface area contributed by atoms with E-state index in [1.807, 2.05) is 24.0 Å². The lowest BCUT2D eigenvalue weighted by molar-refractivity contribution is 0.0789. The van der Waals surface area contributed by atoms with Crippen molar-refractivity contribution in [1.82, 2.24) is 10.2 Å². The second-order valence-electron chi connectivity index (χ2n) is 7.09. The average Bonchev–Trinajstić information content (AvgIpc) is 2.53. The second kappa shape index (κ2) is 7.82. The Morgan fingerprint density at radius 3 is 2.35 bits per heavy atom. The number of aryl methyl sites for hydroxylation is 1. The number of amides is 2. The monoisotopic (exact) mass is 318 g/mol. The van der Waals surface area contributed by atoms with E-state index in [1.165, 1.54) is 11.1 Å². The zero-order valence-corrected chi connectivity index (χ0v) is 14.7. The highest BCUT2D eigenvalue weighted by atomic mass is 16.3. The summed E-state index contributed by atoms with van der Waals surface area (Å²) in [5.74, 6) is 0.645. The number of benzene rings is 1. The number of carbonyl (C=O) groups is 1. The van der Waals surface area contributed by atoms with Crippen molar-refractivity contribution in [2.24, 2.45) is 11.8 Å². The second-order valence-corrected chi connectivity index (χ2v) is 7.09. The molecule has 1 aliphatic rings. The van der Waals surface area contributed by atoms with Gasteiger partial charge in [-0.3, -0.25) is 0 Å². The highest BCUT2D eigenvalue weighted by Crippen LogP contribution is 2.26. The minimum absolute atomic E-state index is 0.0102. The van der Waals surface area contributed by atoms with E-state index in [-0.39, 0.29) is 18.2 Å².